The van der Waals surface area contributed by atoms with Crippen LogP contribution in [0.1, 0.15) is 6.42 Å². The van der Waals surface area contributed by atoms with Crippen LogP contribution in [0.5, 0.6) is 5.75 Å². The van der Waals surface area contributed by atoms with Crippen molar-refractivity contribution in [2.24, 2.45) is 0 Å². The van der Waals surface area contributed by atoms with Crippen molar-refractivity contribution in [3.8, 4) is 11.8 Å². The summed E-state index contributed by atoms with van der Waals surface area (Å²) in [6.45, 7) is 5.34. The van der Waals surface area contributed by atoms with Gasteiger partial charge in [-0.15, -0.1) is 0 Å². The number of nitrogens with zero attached hydrogens (tertiary/aromatic N) is 2. The zero-order chi connectivity index (χ0) is 12.8. The zero-order valence-corrected chi connectivity index (χ0v) is 10.9. The fraction of sp³-hybridized carbons (Fsp3) is 0.500. The number of benzene rings is 1. The van der Waals surface area contributed by atoms with E-state index in [0.29, 0.717) is 6.42 Å². The molecule has 1 fully saturated rings. The van der Waals surface area contributed by atoms with Crippen molar-refractivity contribution in [3.63, 3.8) is 0 Å². The first-order chi connectivity index (χ1) is 8.83. The van der Waals surface area contributed by atoms with E-state index in [9.17, 15) is 0 Å². The fourth-order valence-electron chi connectivity index (χ4n) is 2.36. The lowest BCUT2D eigenvalue weighted by Gasteiger charge is -2.33. The van der Waals surface area contributed by atoms with Crippen molar-refractivity contribution in [1.82, 2.24) is 0 Å². The highest BCUT2D eigenvalue weighted by atomic mass is 16.5. The van der Waals surface area contributed by atoms with Gasteiger partial charge < -0.3 is 14.5 Å². The number of methoxy groups -OCH3 is 1. The van der Waals surface area contributed by atoms with E-state index in [1.165, 1.54) is 5.69 Å². The third-order valence-electron chi connectivity index (χ3n) is 3.50. The van der Waals surface area contributed by atoms with Crippen LogP contribution < -0.4 is 14.5 Å². The first-order valence-electron chi connectivity index (χ1n) is 6.43. The Morgan fingerprint density at radius 2 is 1.94 bits per heavy atom. The minimum atomic E-state index is 0.665. The highest BCUT2D eigenvalue weighted by Gasteiger charge is 2.19. The van der Waals surface area contributed by atoms with Crippen LogP contribution in [0.3, 0.4) is 0 Å². The molecule has 0 radical (unpaired) electrons. The molecule has 0 aromatic heterocycles. The summed E-state index contributed by atoms with van der Waals surface area (Å²) in [5.41, 5.74) is 1.26. The molecule has 18 heavy (non-hydrogen) atoms. The first kappa shape index (κ1) is 12.7. The summed E-state index contributed by atoms with van der Waals surface area (Å²) >= 11 is 0. The van der Waals surface area contributed by atoms with Gasteiger partial charge in [0.2, 0.25) is 0 Å². The van der Waals surface area contributed by atoms with Crippen LogP contribution in [-0.4, -0.2) is 39.8 Å². The molecule has 0 saturated carbocycles. The van der Waals surface area contributed by atoms with Crippen molar-refractivity contribution in [2.45, 2.75) is 6.42 Å². The third-order valence-corrected chi connectivity index (χ3v) is 3.50. The van der Waals surface area contributed by atoms with Crippen molar-refractivity contribution in [3.05, 3.63) is 24.3 Å². The van der Waals surface area contributed by atoms with Gasteiger partial charge in [0, 0.05) is 5.69 Å². The van der Waals surface area contributed by atoms with Gasteiger partial charge in [-0.3, -0.25) is 0 Å². The zero-order valence-electron chi connectivity index (χ0n) is 10.9. The molecule has 0 spiro atoms. The molecular weight excluding hydrogens is 226 g/mol. The van der Waals surface area contributed by atoms with E-state index in [1.54, 1.807) is 12.0 Å². The van der Waals surface area contributed by atoms with Gasteiger partial charge in [-0.2, -0.15) is 5.26 Å². The van der Waals surface area contributed by atoms with Gasteiger partial charge in [0.15, 0.2) is 0 Å². The number of hydrogen-bond donors (Lipinski definition) is 1. The number of quaternary nitrogens is 1. The Labute approximate surface area is 108 Å². The lowest BCUT2D eigenvalue weighted by atomic mass is 10.2. The molecule has 1 N–H and O–H groups in total. The summed E-state index contributed by atoms with van der Waals surface area (Å²) in [7, 11) is 1.69. The molecule has 0 bridgehead atoms. The van der Waals surface area contributed by atoms with Crippen LogP contribution in [0.4, 0.5) is 5.69 Å². The van der Waals surface area contributed by atoms with Gasteiger partial charge in [-0.25, -0.2) is 0 Å². The molecule has 1 saturated heterocycles. The number of ether oxygens (including phenoxy) is 1. The maximum Gasteiger partial charge on any atom is 0.119 e. The number of piperazine rings is 1. The molecule has 0 aliphatic carbocycles. The molecule has 2 rings (SSSR count). The Bertz CT molecular complexity index is 402. The Morgan fingerprint density at radius 1 is 1.28 bits per heavy atom. The van der Waals surface area contributed by atoms with Crippen LogP contribution >= 0.6 is 0 Å². The van der Waals surface area contributed by atoms with Gasteiger partial charge in [-0.1, -0.05) is 0 Å². The molecule has 96 valence electrons. The average Bonchev–Trinajstić information content (AvgIpc) is 2.46. The second-order valence-electron chi connectivity index (χ2n) is 4.59. The lowest BCUT2D eigenvalue weighted by Crippen LogP contribution is -3.14. The molecule has 0 unspecified atom stereocenters. The summed E-state index contributed by atoms with van der Waals surface area (Å²) < 4.78 is 5.16. The Morgan fingerprint density at radius 3 is 2.50 bits per heavy atom. The third kappa shape index (κ3) is 3.14. The Balaban J connectivity index is 1.87. The van der Waals surface area contributed by atoms with Gasteiger partial charge in [-0.05, 0) is 24.3 Å². The van der Waals surface area contributed by atoms with Gasteiger partial charge in [0.1, 0.15) is 5.75 Å². The number of hydrogen-bond acceptors (Lipinski definition) is 3. The highest BCUT2D eigenvalue weighted by Crippen LogP contribution is 2.18. The topological polar surface area (TPSA) is 40.7 Å². The molecule has 4 nitrogen and oxygen atoms in total. The second-order valence-corrected chi connectivity index (χ2v) is 4.59. The van der Waals surface area contributed by atoms with E-state index in [0.717, 1.165) is 38.5 Å². The predicted octanol–water partition coefficient (Wildman–Crippen LogP) is 0.314. The van der Waals surface area contributed by atoms with E-state index < -0.39 is 0 Å². The Kier molecular flexibility index (Phi) is 4.43. The molecule has 1 aromatic rings. The van der Waals surface area contributed by atoms with Gasteiger partial charge in [0.25, 0.3) is 0 Å². The van der Waals surface area contributed by atoms with Crippen LogP contribution in [0.2, 0.25) is 0 Å². The summed E-state index contributed by atoms with van der Waals surface area (Å²) in [6, 6.07) is 10.5. The minimum absolute atomic E-state index is 0.665. The molecule has 0 amide bonds. The summed E-state index contributed by atoms with van der Waals surface area (Å²) in [5, 5.41) is 8.59. The fourth-order valence-corrected chi connectivity index (χ4v) is 2.36. The molecule has 1 heterocycles. The molecular formula is C14H20N3O+. The summed E-state index contributed by atoms with van der Waals surface area (Å²) in [6.07, 6.45) is 0.665. The number of nitriles is 1. The largest absolute Gasteiger partial charge is 0.497 e. The van der Waals surface area contributed by atoms with Crippen LogP contribution in [0.15, 0.2) is 24.3 Å². The number of nitrogens with one attached hydrogen (secondary N) is 1. The van der Waals surface area contributed by atoms with E-state index >= 15 is 0 Å². The second kappa shape index (κ2) is 6.27. The summed E-state index contributed by atoms with van der Waals surface area (Å²) in [4.78, 5) is 3.94. The quantitative estimate of drug-likeness (QED) is 0.831. The highest BCUT2D eigenvalue weighted by molar-refractivity contribution is 5.49. The SMILES string of the molecule is COc1ccc(N2CC[NH+](CCC#N)CC2)cc1. The standard InChI is InChI=1S/C14H19N3O/c1-18-14-5-3-13(4-6-14)17-11-9-16(10-12-17)8-2-7-15/h3-6H,2,8-12H2,1H3/p+1. The van der Waals surface area contributed by atoms with E-state index in [2.05, 4.69) is 23.1 Å². The molecule has 0 atom stereocenters. The average molecular weight is 246 g/mol. The molecule has 4 heteroatoms. The normalized spacial score (nSPS) is 16.3. The van der Waals surface area contributed by atoms with Crippen LogP contribution in [-0.2, 0) is 0 Å². The summed E-state index contributed by atoms with van der Waals surface area (Å²) in [5.74, 6) is 0.900. The molecule has 1 aliphatic rings. The maximum atomic E-state index is 8.59. The predicted molar refractivity (Wildman–Crippen MR) is 71.0 cm³/mol. The minimum Gasteiger partial charge on any atom is -0.497 e. The smallest absolute Gasteiger partial charge is 0.119 e. The van der Waals surface area contributed by atoms with E-state index in [1.807, 2.05) is 12.1 Å². The van der Waals surface area contributed by atoms with Crippen molar-refractivity contribution < 1.29 is 9.64 Å². The van der Waals surface area contributed by atoms with Crippen molar-refractivity contribution >= 4 is 5.69 Å². The van der Waals surface area contributed by atoms with Gasteiger partial charge >= 0.3 is 0 Å². The first-order valence-corrected chi connectivity index (χ1v) is 6.43. The molecule has 1 aliphatic heterocycles. The number of anilines is 1. The Hall–Kier alpha value is -1.73. The lowest BCUT2D eigenvalue weighted by molar-refractivity contribution is -0.900. The monoisotopic (exact) mass is 246 g/mol. The van der Waals surface area contributed by atoms with E-state index in [-0.39, 0.29) is 0 Å². The molecule has 1 aromatic carbocycles. The van der Waals surface area contributed by atoms with Crippen LogP contribution in [0.25, 0.3) is 0 Å². The number of rotatable bonds is 4. The van der Waals surface area contributed by atoms with Crippen LogP contribution in [0, 0.1) is 11.3 Å². The van der Waals surface area contributed by atoms with Crippen molar-refractivity contribution in [1.29, 1.82) is 5.26 Å². The maximum absolute atomic E-state index is 8.59. The van der Waals surface area contributed by atoms with E-state index in [4.69, 9.17) is 10.00 Å². The van der Waals surface area contributed by atoms with Gasteiger partial charge in [0.05, 0.1) is 52.3 Å². The van der Waals surface area contributed by atoms with Crippen molar-refractivity contribution in [2.75, 3.05) is 44.7 Å².